The fourth-order valence-corrected chi connectivity index (χ4v) is 2.49. The Balaban J connectivity index is 2.02. The van der Waals surface area contributed by atoms with Gasteiger partial charge in [-0.05, 0) is 17.9 Å². The summed E-state index contributed by atoms with van der Waals surface area (Å²) in [7, 11) is 0. The molecule has 6 nitrogen and oxygen atoms in total. The first-order valence-electron chi connectivity index (χ1n) is 7.80. The lowest BCUT2D eigenvalue weighted by atomic mass is 10.0. The van der Waals surface area contributed by atoms with Crippen LogP contribution in [-0.2, 0) is 20.8 Å². The van der Waals surface area contributed by atoms with Gasteiger partial charge in [0.2, 0.25) is 11.8 Å². The summed E-state index contributed by atoms with van der Waals surface area (Å²) in [5.41, 5.74) is 0.899. The molecule has 1 aliphatic carbocycles. The number of carbonyl (C=O) groups is 3. The molecule has 0 bridgehead atoms. The molecule has 1 aromatic carbocycles. The zero-order chi connectivity index (χ0) is 16.8. The van der Waals surface area contributed by atoms with Crippen LogP contribution in [0.25, 0.3) is 0 Å². The maximum Gasteiger partial charge on any atom is 0.326 e. The van der Waals surface area contributed by atoms with E-state index in [4.69, 9.17) is 0 Å². The molecule has 3 N–H and O–H groups in total. The molecule has 0 saturated heterocycles. The summed E-state index contributed by atoms with van der Waals surface area (Å²) >= 11 is 0. The number of aliphatic carboxylic acids is 1. The highest BCUT2D eigenvalue weighted by Crippen LogP contribution is 2.33. The quantitative estimate of drug-likeness (QED) is 0.669. The van der Waals surface area contributed by atoms with E-state index in [1.165, 1.54) is 6.92 Å². The molecular weight excluding hydrogens is 296 g/mol. The first kappa shape index (κ1) is 17.0. The molecule has 2 rings (SSSR count). The third-order valence-corrected chi connectivity index (χ3v) is 3.86. The highest BCUT2D eigenvalue weighted by molar-refractivity contribution is 5.90. The van der Waals surface area contributed by atoms with Gasteiger partial charge in [0.15, 0.2) is 0 Å². The minimum atomic E-state index is -1.04. The molecule has 0 aromatic heterocycles. The fraction of sp³-hybridized carbons (Fsp3) is 0.471. The van der Waals surface area contributed by atoms with Crippen LogP contribution in [0.4, 0.5) is 0 Å². The van der Waals surface area contributed by atoms with Crippen LogP contribution in [0.15, 0.2) is 30.3 Å². The van der Waals surface area contributed by atoms with Crippen LogP contribution >= 0.6 is 0 Å². The van der Waals surface area contributed by atoms with Crippen molar-refractivity contribution in [3.05, 3.63) is 35.9 Å². The first-order valence-corrected chi connectivity index (χ1v) is 7.80. The third-order valence-electron chi connectivity index (χ3n) is 3.86. The number of benzene rings is 1. The lowest BCUT2D eigenvalue weighted by Crippen LogP contribution is -2.52. The van der Waals surface area contributed by atoms with Crippen molar-refractivity contribution in [2.75, 3.05) is 0 Å². The normalized spacial score (nSPS) is 16.2. The second-order valence-corrected chi connectivity index (χ2v) is 6.02. The second-order valence-electron chi connectivity index (χ2n) is 6.02. The summed E-state index contributed by atoms with van der Waals surface area (Å²) in [5.74, 6) is -1.44. The van der Waals surface area contributed by atoms with Crippen LogP contribution in [0.1, 0.15) is 31.7 Å². The van der Waals surface area contributed by atoms with Crippen LogP contribution in [0.3, 0.4) is 0 Å². The minimum Gasteiger partial charge on any atom is -0.480 e. The fourth-order valence-electron chi connectivity index (χ4n) is 2.49. The van der Waals surface area contributed by atoms with Gasteiger partial charge in [0.25, 0.3) is 0 Å². The van der Waals surface area contributed by atoms with Crippen molar-refractivity contribution in [2.24, 2.45) is 5.92 Å². The summed E-state index contributed by atoms with van der Waals surface area (Å²) in [4.78, 5) is 35.1. The molecular formula is C17H22N2O4. The maximum absolute atomic E-state index is 12.4. The third kappa shape index (κ3) is 5.73. The molecule has 1 fully saturated rings. The molecule has 0 aliphatic heterocycles. The molecule has 0 unspecified atom stereocenters. The molecule has 1 aromatic rings. The number of carboxylic acids is 1. The standard InChI is InChI=1S/C17H22N2O4/c1-11(20)18-14(9-12-5-3-2-4-6-12)16(21)19-15(17(22)23)10-13-7-8-13/h2-6,13-15H,7-10H2,1H3,(H,18,20)(H,19,21)(H,22,23)/t14-,15+/m1/s1. The molecule has 124 valence electrons. The van der Waals surface area contributed by atoms with Gasteiger partial charge in [-0.1, -0.05) is 43.2 Å². The molecule has 0 heterocycles. The Labute approximate surface area is 135 Å². The van der Waals surface area contributed by atoms with Crippen molar-refractivity contribution in [2.45, 2.75) is 44.7 Å². The van der Waals surface area contributed by atoms with Crippen LogP contribution in [0.2, 0.25) is 0 Å². The lowest BCUT2D eigenvalue weighted by Gasteiger charge is -2.21. The van der Waals surface area contributed by atoms with Gasteiger partial charge < -0.3 is 15.7 Å². The Kier molecular flexibility index (Phi) is 5.73. The molecule has 2 amide bonds. The number of hydrogen-bond acceptors (Lipinski definition) is 3. The van der Waals surface area contributed by atoms with Gasteiger partial charge in [0, 0.05) is 13.3 Å². The van der Waals surface area contributed by atoms with Crippen molar-refractivity contribution in [1.82, 2.24) is 10.6 Å². The predicted octanol–water partition coefficient (Wildman–Crippen LogP) is 1.10. The van der Waals surface area contributed by atoms with E-state index in [2.05, 4.69) is 10.6 Å². The minimum absolute atomic E-state index is 0.321. The van der Waals surface area contributed by atoms with E-state index in [9.17, 15) is 19.5 Å². The summed E-state index contributed by atoms with van der Waals surface area (Å²) in [6.45, 7) is 1.34. The molecule has 0 spiro atoms. The van der Waals surface area contributed by atoms with Gasteiger partial charge in [-0.2, -0.15) is 0 Å². The molecule has 0 radical (unpaired) electrons. The summed E-state index contributed by atoms with van der Waals surface area (Å²) in [6.07, 6.45) is 2.79. The monoisotopic (exact) mass is 318 g/mol. The van der Waals surface area contributed by atoms with Crippen LogP contribution in [0, 0.1) is 5.92 Å². The van der Waals surface area contributed by atoms with E-state index in [0.717, 1.165) is 18.4 Å². The van der Waals surface area contributed by atoms with Gasteiger partial charge in [-0.3, -0.25) is 9.59 Å². The van der Waals surface area contributed by atoms with E-state index < -0.39 is 24.0 Å². The number of hydrogen-bond donors (Lipinski definition) is 3. The number of carboxylic acid groups (broad SMARTS) is 1. The summed E-state index contributed by atoms with van der Waals surface area (Å²) < 4.78 is 0. The highest BCUT2D eigenvalue weighted by Gasteiger charge is 2.32. The Morgan fingerprint density at radius 2 is 1.78 bits per heavy atom. The van der Waals surface area contributed by atoms with Crippen molar-refractivity contribution in [3.63, 3.8) is 0 Å². The second kappa shape index (κ2) is 7.76. The smallest absolute Gasteiger partial charge is 0.326 e. The Morgan fingerprint density at radius 3 is 2.30 bits per heavy atom. The highest BCUT2D eigenvalue weighted by atomic mass is 16.4. The molecule has 1 aliphatic rings. The number of nitrogens with one attached hydrogen (secondary N) is 2. The van der Waals surface area contributed by atoms with E-state index in [-0.39, 0.29) is 5.91 Å². The molecule has 6 heteroatoms. The van der Waals surface area contributed by atoms with Gasteiger partial charge in [0.05, 0.1) is 0 Å². The number of amides is 2. The van der Waals surface area contributed by atoms with Gasteiger partial charge in [-0.25, -0.2) is 4.79 Å². The first-order chi connectivity index (χ1) is 11.0. The van der Waals surface area contributed by atoms with Crippen LogP contribution in [-0.4, -0.2) is 35.0 Å². The van der Waals surface area contributed by atoms with Crippen molar-refractivity contribution >= 4 is 17.8 Å². The lowest BCUT2D eigenvalue weighted by molar-refractivity contribution is -0.142. The molecule has 1 saturated carbocycles. The van der Waals surface area contributed by atoms with Gasteiger partial charge in [-0.15, -0.1) is 0 Å². The molecule has 23 heavy (non-hydrogen) atoms. The zero-order valence-electron chi connectivity index (χ0n) is 13.1. The Morgan fingerprint density at radius 1 is 1.13 bits per heavy atom. The SMILES string of the molecule is CC(=O)N[C@H](Cc1ccccc1)C(=O)N[C@@H](CC1CC1)C(=O)O. The van der Waals surface area contributed by atoms with Crippen molar-refractivity contribution in [1.29, 1.82) is 0 Å². The number of rotatable bonds is 8. The topological polar surface area (TPSA) is 95.5 Å². The Bertz CT molecular complexity index is 569. The number of carbonyl (C=O) groups excluding carboxylic acids is 2. The predicted molar refractivity (Wildman–Crippen MR) is 84.7 cm³/mol. The summed E-state index contributed by atoms with van der Waals surface area (Å²) in [5, 5.41) is 14.4. The van der Waals surface area contributed by atoms with E-state index in [1.807, 2.05) is 30.3 Å². The average molecular weight is 318 g/mol. The van der Waals surface area contributed by atoms with Crippen LogP contribution < -0.4 is 10.6 Å². The Hall–Kier alpha value is -2.37. The largest absolute Gasteiger partial charge is 0.480 e. The van der Waals surface area contributed by atoms with Gasteiger partial charge >= 0.3 is 5.97 Å². The van der Waals surface area contributed by atoms with E-state index in [1.54, 1.807) is 0 Å². The maximum atomic E-state index is 12.4. The van der Waals surface area contributed by atoms with E-state index >= 15 is 0 Å². The zero-order valence-corrected chi connectivity index (χ0v) is 13.1. The molecule has 2 atom stereocenters. The van der Waals surface area contributed by atoms with Crippen LogP contribution in [0.5, 0.6) is 0 Å². The van der Waals surface area contributed by atoms with Crippen molar-refractivity contribution in [3.8, 4) is 0 Å². The average Bonchev–Trinajstić information content (AvgIpc) is 3.30. The van der Waals surface area contributed by atoms with Gasteiger partial charge in [0.1, 0.15) is 12.1 Å². The summed E-state index contributed by atoms with van der Waals surface area (Å²) in [6, 6.07) is 7.61. The van der Waals surface area contributed by atoms with Crippen molar-refractivity contribution < 1.29 is 19.5 Å². The van der Waals surface area contributed by atoms with E-state index in [0.29, 0.717) is 18.8 Å².